The van der Waals surface area contributed by atoms with Crippen LogP contribution in [-0.4, -0.2) is 12.0 Å². The van der Waals surface area contributed by atoms with Crippen LogP contribution in [0, 0.1) is 6.92 Å². The molecule has 1 aromatic rings. The number of rotatable bonds is 6. The fraction of sp³-hybridized carbons (Fsp3) is 0.462. The summed E-state index contributed by atoms with van der Waals surface area (Å²) in [4.78, 5) is 4.11. The van der Waals surface area contributed by atoms with Gasteiger partial charge in [0.1, 0.15) is 0 Å². The highest BCUT2D eigenvalue weighted by Gasteiger charge is 2.10. The molecule has 1 N–H and O–H groups in total. The third-order valence-corrected chi connectivity index (χ3v) is 2.69. The second-order valence-electron chi connectivity index (χ2n) is 3.79. The van der Waals surface area contributed by atoms with Gasteiger partial charge in [-0.1, -0.05) is 6.08 Å². The van der Waals surface area contributed by atoms with Gasteiger partial charge in [-0.05, 0) is 50.4 Å². The molecule has 1 rings (SSSR count). The first-order valence-electron chi connectivity index (χ1n) is 5.48. The molecule has 0 saturated heterocycles. The van der Waals surface area contributed by atoms with Crippen LogP contribution in [0.25, 0.3) is 0 Å². The highest BCUT2D eigenvalue weighted by molar-refractivity contribution is 5.25. The predicted molar refractivity (Wildman–Crippen MR) is 64.8 cm³/mol. The Hall–Kier alpha value is -1.15. The van der Waals surface area contributed by atoms with Gasteiger partial charge in [0.25, 0.3) is 0 Å². The van der Waals surface area contributed by atoms with Crippen LogP contribution in [0.1, 0.15) is 36.4 Å². The summed E-state index contributed by atoms with van der Waals surface area (Å²) in [6.45, 7) is 5.85. The normalized spacial score (nSPS) is 12.4. The van der Waals surface area contributed by atoms with Gasteiger partial charge in [-0.3, -0.25) is 4.98 Å². The van der Waals surface area contributed by atoms with Crippen LogP contribution in [-0.2, 0) is 0 Å². The second-order valence-corrected chi connectivity index (χ2v) is 3.79. The summed E-state index contributed by atoms with van der Waals surface area (Å²) in [5.74, 6) is 0. The zero-order valence-corrected chi connectivity index (χ0v) is 9.66. The number of nitrogens with zero attached hydrogens (tertiary/aromatic N) is 1. The monoisotopic (exact) mass is 204 g/mol. The Morgan fingerprint density at radius 2 is 2.40 bits per heavy atom. The zero-order chi connectivity index (χ0) is 11.1. The molecule has 2 heteroatoms. The highest BCUT2D eigenvalue weighted by atomic mass is 14.9. The third-order valence-electron chi connectivity index (χ3n) is 2.69. The van der Waals surface area contributed by atoms with E-state index in [9.17, 15) is 0 Å². The average molecular weight is 204 g/mol. The molecule has 0 aliphatic heterocycles. The summed E-state index contributed by atoms with van der Waals surface area (Å²) in [5.41, 5.74) is 2.62. The predicted octanol–water partition coefficient (Wildman–Crippen LogP) is 3.01. The van der Waals surface area contributed by atoms with Gasteiger partial charge in [0.2, 0.25) is 0 Å². The zero-order valence-electron chi connectivity index (χ0n) is 9.66. The van der Waals surface area contributed by atoms with E-state index in [4.69, 9.17) is 0 Å². The largest absolute Gasteiger partial charge is 0.313 e. The van der Waals surface area contributed by atoms with Crippen LogP contribution in [0.4, 0.5) is 0 Å². The minimum absolute atomic E-state index is 0.438. The van der Waals surface area contributed by atoms with E-state index in [1.165, 1.54) is 17.5 Å². The number of aromatic nitrogens is 1. The molecule has 1 heterocycles. The maximum Gasteiger partial charge on any atom is 0.0321 e. The Labute approximate surface area is 92.4 Å². The smallest absolute Gasteiger partial charge is 0.0321 e. The van der Waals surface area contributed by atoms with Crippen molar-refractivity contribution in [3.05, 3.63) is 42.2 Å². The van der Waals surface area contributed by atoms with E-state index < -0.39 is 0 Å². The molecule has 0 amide bonds. The molecule has 0 aliphatic rings. The third kappa shape index (κ3) is 3.48. The van der Waals surface area contributed by atoms with Crippen LogP contribution in [0.3, 0.4) is 0 Å². The molecule has 0 fully saturated rings. The van der Waals surface area contributed by atoms with Crippen molar-refractivity contribution in [3.63, 3.8) is 0 Å². The molecule has 0 radical (unpaired) electrons. The van der Waals surface area contributed by atoms with Gasteiger partial charge in [-0.15, -0.1) is 6.58 Å². The van der Waals surface area contributed by atoms with E-state index in [2.05, 4.69) is 29.9 Å². The van der Waals surface area contributed by atoms with Gasteiger partial charge in [-0.2, -0.15) is 0 Å². The first kappa shape index (κ1) is 11.9. The molecule has 0 saturated carbocycles. The number of hydrogen-bond donors (Lipinski definition) is 1. The molecule has 1 atom stereocenters. The quantitative estimate of drug-likeness (QED) is 0.569. The highest BCUT2D eigenvalue weighted by Crippen LogP contribution is 2.21. The number of allylic oxidation sites excluding steroid dienone is 1. The van der Waals surface area contributed by atoms with Gasteiger partial charge in [0, 0.05) is 18.4 Å². The van der Waals surface area contributed by atoms with Gasteiger partial charge in [0.15, 0.2) is 0 Å². The van der Waals surface area contributed by atoms with Gasteiger partial charge in [-0.25, -0.2) is 0 Å². The summed E-state index contributed by atoms with van der Waals surface area (Å²) in [6, 6.07) is 2.54. The summed E-state index contributed by atoms with van der Waals surface area (Å²) < 4.78 is 0. The molecule has 1 unspecified atom stereocenters. The average Bonchev–Trinajstić information content (AvgIpc) is 2.26. The van der Waals surface area contributed by atoms with Crippen LogP contribution in [0.2, 0.25) is 0 Å². The summed E-state index contributed by atoms with van der Waals surface area (Å²) in [6.07, 6.45) is 9.17. The van der Waals surface area contributed by atoms with Crippen LogP contribution < -0.4 is 5.32 Å². The lowest BCUT2D eigenvalue weighted by atomic mass is 9.98. The van der Waals surface area contributed by atoms with Gasteiger partial charge < -0.3 is 5.32 Å². The van der Waals surface area contributed by atoms with Crippen molar-refractivity contribution in [2.75, 3.05) is 7.05 Å². The number of aryl methyl sites for hydroxylation is 1. The number of nitrogens with one attached hydrogen (secondary N) is 1. The molecule has 1 aromatic heterocycles. The summed E-state index contributed by atoms with van der Waals surface area (Å²) in [7, 11) is 2.01. The minimum atomic E-state index is 0.438. The van der Waals surface area contributed by atoms with Crippen LogP contribution in [0.15, 0.2) is 31.1 Å². The summed E-state index contributed by atoms with van der Waals surface area (Å²) in [5, 5.41) is 3.36. The Kier molecular flexibility index (Phi) is 5.05. The van der Waals surface area contributed by atoms with Crippen molar-refractivity contribution in [1.29, 1.82) is 0 Å². The maximum absolute atomic E-state index is 4.11. The molecule has 82 valence electrons. The van der Waals surface area contributed by atoms with Gasteiger partial charge in [0.05, 0.1) is 0 Å². The molecule has 15 heavy (non-hydrogen) atoms. The molecule has 0 bridgehead atoms. The molecular weight excluding hydrogens is 184 g/mol. The lowest BCUT2D eigenvalue weighted by Crippen LogP contribution is -2.17. The van der Waals surface area contributed by atoms with Crippen molar-refractivity contribution in [2.24, 2.45) is 0 Å². The fourth-order valence-corrected chi connectivity index (χ4v) is 1.80. The lowest BCUT2D eigenvalue weighted by Gasteiger charge is -2.18. The molecule has 0 aromatic carbocycles. The van der Waals surface area contributed by atoms with E-state index in [0.717, 1.165) is 12.8 Å². The molecular formula is C13H20N2. The van der Waals surface area contributed by atoms with E-state index in [1.807, 2.05) is 25.5 Å². The standard InChI is InChI=1S/C13H20N2/c1-4-5-6-7-13(14-3)12-8-9-15-10-11(12)2/h4,8-10,13-14H,1,5-7H2,2-3H3. The number of hydrogen-bond acceptors (Lipinski definition) is 2. The molecule has 0 spiro atoms. The minimum Gasteiger partial charge on any atom is -0.313 e. The SMILES string of the molecule is C=CCCCC(NC)c1ccncc1C. The fourth-order valence-electron chi connectivity index (χ4n) is 1.80. The van der Waals surface area contributed by atoms with Crippen molar-refractivity contribution in [1.82, 2.24) is 10.3 Å². The van der Waals surface area contributed by atoms with Crippen molar-refractivity contribution in [2.45, 2.75) is 32.2 Å². The van der Waals surface area contributed by atoms with Crippen molar-refractivity contribution >= 4 is 0 Å². The topological polar surface area (TPSA) is 24.9 Å². The Balaban J connectivity index is 2.65. The Morgan fingerprint density at radius 3 is 3.00 bits per heavy atom. The lowest BCUT2D eigenvalue weighted by molar-refractivity contribution is 0.527. The molecule has 2 nitrogen and oxygen atoms in total. The maximum atomic E-state index is 4.11. The van der Waals surface area contributed by atoms with Crippen LogP contribution in [0.5, 0.6) is 0 Å². The van der Waals surface area contributed by atoms with Crippen LogP contribution >= 0.6 is 0 Å². The van der Waals surface area contributed by atoms with Gasteiger partial charge >= 0.3 is 0 Å². The Bertz CT molecular complexity index is 307. The Morgan fingerprint density at radius 1 is 1.60 bits per heavy atom. The first-order valence-corrected chi connectivity index (χ1v) is 5.48. The van der Waals surface area contributed by atoms with E-state index in [-0.39, 0.29) is 0 Å². The molecule has 0 aliphatic carbocycles. The second kappa shape index (κ2) is 6.36. The number of unbranched alkanes of at least 4 members (excludes halogenated alkanes) is 1. The van der Waals surface area contributed by atoms with Crippen molar-refractivity contribution < 1.29 is 0 Å². The van der Waals surface area contributed by atoms with Crippen molar-refractivity contribution in [3.8, 4) is 0 Å². The first-order chi connectivity index (χ1) is 7.29. The number of pyridine rings is 1. The van der Waals surface area contributed by atoms with E-state index >= 15 is 0 Å². The van der Waals surface area contributed by atoms with E-state index in [0.29, 0.717) is 6.04 Å². The van der Waals surface area contributed by atoms with E-state index in [1.54, 1.807) is 0 Å². The summed E-state index contributed by atoms with van der Waals surface area (Å²) >= 11 is 0.